The number of carboxylic acid groups (broad SMARTS) is 1. The van der Waals surface area contributed by atoms with Gasteiger partial charge in [-0.1, -0.05) is 75.6 Å². The summed E-state index contributed by atoms with van der Waals surface area (Å²) in [4.78, 5) is 13.6. The van der Waals surface area contributed by atoms with Gasteiger partial charge in [0.1, 0.15) is 5.82 Å². The van der Waals surface area contributed by atoms with E-state index >= 15 is 0 Å². The van der Waals surface area contributed by atoms with Gasteiger partial charge in [0.05, 0.1) is 5.56 Å². The third-order valence-electron chi connectivity index (χ3n) is 6.00. The Morgan fingerprint density at radius 2 is 1.46 bits per heavy atom. The van der Waals surface area contributed by atoms with E-state index in [1.807, 2.05) is 12.1 Å². The second kappa shape index (κ2) is 13.3. The largest absolute Gasteiger partial charge is 0.478 e. The van der Waals surface area contributed by atoms with E-state index in [1.165, 1.54) is 17.7 Å². The molecule has 0 aliphatic rings. The Morgan fingerprint density at radius 3 is 2.03 bits per heavy atom. The molecule has 182 valence electrons. The van der Waals surface area contributed by atoms with Gasteiger partial charge >= 0.3 is 5.97 Å². The third-order valence-corrected chi connectivity index (χ3v) is 6.00. The monoisotopic (exact) mass is 471 g/mol. The van der Waals surface area contributed by atoms with Crippen LogP contribution in [0.5, 0.6) is 0 Å². The first-order valence-corrected chi connectivity index (χ1v) is 12.5. The van der Waals surface area contributed by atoms with Gasteiger partial charge in [0, 0.05) is 29.9 Å². The van der Waals surface area contributed by atoms with Crippen LogP contribution in [0.3, 0.4) is 0 Å². The molecule has 0 aromatic heterocycles. The number of benzene rings is 3. The lowest BCUT2D eigenvalue weighted by Gasteiger charge is -2.25. The maximum Gasteiger partial charge on any atom is 0.338 e. The van der Waals surface area contributed by atoms with Gasteiger partial charge in [-0.05, 0) is 66.4 Å². The summed E-state index contributed by atoms with van der Waals surface area (Å²) < 4.78 is 13.9. The Morgan fingerprint density at radius 1 is 0.829 bits per heavy atom. The van der Waals surface area contributed by atoms with Crippen LogP contribution in [0.25, 0.3) is 0 Å². The molecule has 0 aliphatic heterocycles. The van der Waals surface area contributed by atoms with Crippen molar-refractivity contribution in [3.8, 4) is 11.8 Å². The first kappa shape index (κ1) is 26.0. The molecule has 35 heavy (non-hydrogen) atoms. The molecule has 3 rings (SSSR count). The fourth-order valence-electron chi connectivity index (χ4n) is 4.00. The smallest absolute Gasteiger partial charge is 0.338 e. The van der Waals surface area contributed by atoms with Crippen LogP contribution >= 0.6 is 0 Å². The lowest BCUT2D eigenvalue weighted by molar-refractivity contribution is 0.0692. The van der Waals surface area contributed by atoms with E-state index in [9.17, 15) is 14.3 Å². The molecule has 0 saturated heterocycles. The molecule has 0 fully saturated rings. The van der Waals surface area contributed by atoms with Gasteiger partial charge in [0.25, 0.3) is 0 Å². The van der Waals surface area contributed by atoms with E-state index in [4.69, 9.17) is 0 Å². The van der Waals surface area contributed by atoms with E-state index in [0.717, 1.165) is 67.4 Å². The second-order valence-electron chi connectivity index (χ2n) is 8.85. The normalized spacial score (nSPS) is 10.5. The summed E-state index contributed by atoms with van der Waals surface area (Å²) in [5.74, 6) is 4.49. The maximum atomic E-state index is 13.9. The number of aromatic carboxylic acids is 1. The molecular formula is C31H34FNO2. The van der Waals surface area contributed by atoms with Crippen LogP contribution in [0.15, 0.2) is 66.7 Å². The molecule has 0 atom stereocenters. The number of unbranched alkanes of at least 4 members (excludes halogenated alkanes) is 3. The topological polar surface area (TPSA) is 40.5 Å². The fourth-order valence-corrected chi connectivity index (χ4v) is 4.00. The molecule has 0 saturated carbocycles. The van der Waals surface area contributed by atoms with E-state index in [0.29, 0.717) is 6.54 Å². The van der Waals surface area contributed by atoms with Crippen LogP contribution in [0.2, 0.25) is 0 Å². The van der Waals surface area contributed by atoms with Crippen molar-refractivity contribution in [3.63, 3.8) is 0 Å². The molecule has 1 N–H and O–H groups in total. The van der Waals surface area contributed by atoms with Gasteiger partial charge in [-0.15, -0.1) is 0 Å². The highest BCUT2D eigenvalue weighted by atomic mass is 19.1. The predicted molar refractivity (Wildman–Crippen MR) is 141 cm³/mol. The van der Waals surface area contributed by atoms with Crippen molar-refractivity contribution in [1.29, 1.82) is 0 Å². The summed E-state index contributed by atoms with van der Waals surface area (Å²) in [5.41, 5.74) is 4.79. The number of carbonyl (C=O) groups is 1. The number of carboxylic acids is 1. The van der Waals surface area contributed by atoms with Crippen molar-refractivity contribution < 1.29 is 14.3 Å². The molecule has 0 heterocycles. The second-order valence-corrected chi connectivity index (χ2v) is 8.85. The van der Waals surface area contributed by atoms with E-state index in [1.54, 1.807) is 6.07 Å². The van der Waals surface area contributed by atoms with E-state index < -0.39 is 11.8 Å². The highest BCUT2D eigenvalue weighted by Gasteiger charge is 2.15. The van der Waals surface area contributed by atoms with Crippen LogP contribution in [-0.4, -0.2) is 17.6 Å². The quantitative estimate of drug-likeness (QED) is 0.233. The van der Waals surface area contributed by atoms with Crippen molar-refractivity contribution in [1.82, 2.24) is 0 Å². The molecule has 0 spiro atoms. The van der Waals surface area contributed by atoms with Gasteiger partial charge in [-0.2, -0.15) is 0 Å². The number of hydrogen-bond donors (Lipinski definition) is 1. The molecule has 0 bridgehead atoms. The number of aryl methyl sites for hydroxylation is 1. The molecule has 3 aromatic carbocycles. The number of rotatable bonds is 11. The van der Waals surface area contributed by atoms with Crippen molar-refractivity contribution >= 4 is 11.7 Å². The fraction of sp³-hybridized carbons (Fsp3) is 0.323. The Kier molecular flexibility index (Phi) is 9.93. The Balaban J connectivity index is 1.73. The minimum atomic E-state index is -1.25. The Bertz CT molecular complexity index is 1160. The van der Waals surface area contributed by atoms with Gasteiger partial charge < -0.3 is 10.0 Å². The number of nitrogens with zero attached hydrogens (tertiary/aromatic N) is 1. The van der Waals surface area contributed by atoms with Gasteiger partial charge in [0.2, 0.25) is 0 Å². The molecule has 0 unspecified atom stereocenters. The molecule has 3 nitrogen and oxygen atoms in total. The first-order chi connectivity index (χ1) is 17.0. The summed E-state index contributed by atoms with van der Waals surface area (Å²) >= 11 is 0. The Hall–Kier alpha value is -3.58. The maximum absolute atomic E-state index is 13.9. The van der Waals surface area contributed by atoms with Gasteiger partial charge in [0.15, 0.2) is 0 Å². The number of hydrogen-bond acceptors (Lipinski definition) is 2. The molecule has 4 heteroatoms. The predicted octanol–water partition coefficient (Wildman–Crippen LogP) is 7.46. The summed E-state index contributed by atoms with van der Waals surface area (Å²) in [6.45, 7) is 5.74. The van der Waals surface area contributed by atoms with Crippen molar-refractivity contribution in [2.45, 2.75) is 58.9 Å². The summed E-state index contributed by atoms with van der Waals surface area (Å²) in [6, 6.07) is 20.9. The lowest BCUT2D eigenvalue weighted by atomic mass is 10.1. The summed E-state index contributed by atoms with van der Waals surface area (Å²) in [6.07, 6.45) is 6.62. The van der Waals surface area contributed by atoms with Crippen molar-refractivity contribution in [2.24, 2.45) is 0 Å². The zero-order chi connectivity index (χ0) is 25.0. The average Bonchev–Trinajstić information content (AvgIpc) is 2.86. The van der Waals surface area contributed by atoms with Crippen LogP contribution in [0, 0.1) is 17.7 Å². The zero-order valence-electron chi connectivity index (χ0n) is 20.7. The van der Waals surface area contributed by atoms with E-state index in [2.05, 4.69) is 67.0 Å². The number of anilines is 1. The van der Waals surface area contributed by atoms with Gasteiger partial charge in [-0.25, -0.2) is 9.18 Å². The minimum Gasteiger partial charge on any atom is -0.478 e. The SMILES string of the molecule is CCCCCCN(Cc1ccc(C#Cc2ccc(CCC)cc2)cc1)c1ccc(F)c(C(=O)O)c1. The van der Waals surface area contributed by atoms with Crippen LogP contribution in [0.1, 0.15) is 78.6 Å². The third kappa shape index (κ3) is 8.00. The first-order valence-electron chi connectivity index (χ1n) is 12.5. The van der Waals surface area contributed by atoms with Crippen molar-refractivity contribution in [3.05, 3.63) is 100 Å². The van der Waals surface area contributed by atoms with Crippen LogP contribution in [-0.2, 0) is 13.0 Å². The molecule has 3 aromatic rings. The molecule has 0 aliphatic carbocycles. The zero-order valence-corrected chi connectivity index (χ0v) is 20.7. The molecular weight excluding hydrogens is 437 g/mol. The molecule has 0 amide bonds. The highest BCUT2D eigenvalue weighted by Crippen LogP contribution is 2.22. The summed E-state index contributed by atoms with van der Waals surface area (Å²) in [7, 11) is 0. The van der Waals surface area contributed by atoms with Crippen LogP contribution in [0.4, 0.5) is 10.1 Å². The summed E-state index contributed by atoms with van der Waals surface area (Å²) in [5, 5.41) is 9.34. The lowest BCUT2D eigenvalue weighted by Crippen LogP contribution is -2.24. The Labute approximate surface area is 208 Å². The molecule has 0 radical (unpaired) electrons. The van der Waals surface area contributed by atoms with E-state index in [-0.39, 0.29) is 5.56 Å². The number of halogens is 1. The van der Waals surface area contributed by atoms with Crippen LogP contribution < -0.4 is 4.90 Å². The minimum absolute atomic E-state index is 0.297. The average molecular weight is 472 g/mol. The van der Waals surface area contributed by atoms with Crippen molar-refractivity contribution in [2.75, 3.05) is 11.4 Å². The highest BCUT2D eigenvalue weighted by molar-refractivity contribution is 5.89. The van der Waals surface area contributed by atoms with Gasteiger partial charge in [-0.3, -0.25) is 0 Å². The standard InChI is InChI=1S/C31H34FNO2/c1-3-5-6-7-21-33(28-19-20-30(32)29(22-28)31(34)35)23-27-17-15-26(16-18-27)14-13-25-11-9-24(8-4-2)10-12-25/h9-12,15-20,22H,3-8,21,23H2,1-2H3,(H,34,35).